The summed E-state index contributed by atoms with van der Waals surface area (Å²) < 4.78 is 4.20. The van der Waals surface area contributed by atoms with E-state index in [1.807, 2.05) is 17.9 Å². The van der Waals surface area contributed by atoms with E-state index in [2.05, 4.69) is 19.7 Å². The number of nitrogens with one attached hydrogen (secondary N) is 1. The second-order valence-corrected chi connectivity index (χ2v) is 6.58. The lowest BCUT2D eigenvalue weighted by molar-refractivity contribution is 0.0996. The van der Waals surface area contributed by atoms with Crippen molar-refractivity contribution in [2.24, 2.45) is 5.73 Å². The molecule has 0 radical (unpaired) electrons. The number of hydrogen-bond donors (Lipinski definition) is 3. The maximum Gasteiger partial charge on any atom is 0.271 e. The molecule has 1 amide bonds. The van der Waals surface area contributed by atoms with Crippen molar-refractivity contribution in [1.29, 1.82) is 0 Å². The van der Waals surface area contributed by atoms with Crippen LogP contribution in [0.2, 0.25) is 0 Å². The molecule has 0 aliphatic carbocycles. The third kappa shape index (κ3) is 3.46. The molecular weight excluding hydrogens is 328 g/mol. The second-order valence-electron chi connectivity index (χ2n) is 5.77. The lowest BCUT2D eigenvalue weighted by Gasteiger charge is -2.35. The number of carbonyl (C=O) groups is 1. The predicted octanol–water partition coefficient (Wildman–Crippen LogP) is 1.44. The zero-order valence-corrected chi connectivity index (χ0v) is 14.2. The minimum absolute atomic E-state index is 0.0194. The van der Waals surface area contributed by atoms with Crippen molar-refractivity contribution in [3.05, 3.63) is 23.7 Å². The molecule has 3 rings (SSSR count). The summed E-state index contributed by atoms with van der Waals surface area (Å²) in [6.45, 7) is 2.75. The summed E-state index contributed by atoms with van der Waals surface area (Å²) in [5, 5.41) is 13.4. The molecule has 0 aromatic carbocycles. The highest BCUT2D eigenvalue weighted by atomic mass is 32.1. The minimum atomic E-state index is -0.643. The van der Waals surface area contributed by atoms with E-state index in [0.29, 0.717) is 11.6 Å². The van der Waals surface area contributed by atoms with Crippen LogP contribution >= 0.6 is 11.5 Å². The summed E-state index contributed by atoms with van der Waals surface area (Å²) in [6, 6.07) is 1.88. The van der Waals surface area contributed by atoms with E-state index in [9.17, 15) is 9.90 Å². The van der Waals surface area contributed by atoms with Gasteiger partial charge in [0.1, 0.15) is 10.8 Å². The molecule has 2 aromatic rings. The Morgan fingerprint density at radius 1 is 1.54 bits per heavy atom. The van der Waals surface area contributed by atoms with Crippen LogP contribution in [-0.4, -0.2) is 44.5 Å². The first-order valence-electron chi connectivity index (χ1n) is 7.83. The Kier molecular flexibility index (Phi) is 4.91. The number of aliphatic hydroxyl groups is 1. The van der Waals surface area contributed by atoms with Crippen LogP contribution in [0.1, 0.15) is 35.4 Å². The number of rotatable bonds is 5. The minimum Gasteiger partial charge on any atom is -0.394 e. The molecule has 24 heavy (non-hydrogen) atoms. The van der Waals surface area contributed by atoms with Gasteiger partial charge in [0.15, 0.2) is 11.5 Å². The number of primary amides is 1. The van der Waals surface area contributed by atoms with Crippen molar-refractivity contribution in [2.75, 3.05) is 23.4 Å². The molecule has 9 heteroatoms. The van der Waals surface area contributed by atoms with Gasteiger partial charge in [-0.05, 0) is 43.8 Å². The average Bonchev–Trinajstić information content (AvgIpc) is 2.99. The van der Waals surface area contributed by atoms with Crippen LogP contribution in [0.3, 0.4) is 0 Å². The third-order valence-corrected chi connectivity index (χ3v) is 4.79. The fourth-order valence-electron chi connectivity index (χ4n) is 2.82. The predicted molar refractivity (Wildman–Crippen MR) is 92.8 cm³/mol. The first-order chi connectivity index (χ1) is 11.6. The lowest BCUT2D eigenvalue weighted by atomic mass is 10.0. The Morgan fingerprint density at radius 2 is 2.38 bits per heavy atom. The maximum atomic E-state index is 11.6. The van der Waals surface area contributed by atoms with Crippen molar-refractivity contribution >= 4 is 34.1 Å². The van der Waals surface area contributed by atoms with E-state index in [1.54, 1.807) is 0 Å². The van der Waals surface area contributed by atoms with Gasteiger partial charge in [-0.1, -0.05) is 0 Å². The number of amides is 1. The normalized spacial score (nSPS) is 17.8. The van der Waals surface area contributed by atoms with Crippen LogP contribution in [-0.2, 0) is 0 Å². The van der Waals surface area contributed by atoms with Crippen LogP contribution in [0.5, 0.6) is 0 Å². The van der Waals surface area contributed by atoms with Crippen molar-refractivity contribution < 1.29 is 9.90 Å². The van der Waals surface area contributed by atoms with Crippen molar-refractivity contribution in [3.63, 3.8) is 0 Å². The third-order valence-electron chi connectivity index (χ3n) is 3.99. The summed E-state index contributed by atoms with van der Waals surface area (Å²) in [7, 11) is 0. The number of aliphatic hydroxyl groups excluding tert-OH is 1. The molecular formula is C15H20N6O2S. The molecule has 1 atom stereocenters. The number of nitrogens with zero attached hydrogens (tertiary/aromatic N) is 4. The van der Waals surface area contributed by atoms with Gasteiger partial charge in [0.05, 0.1) is 24.5 Å². The topological polar surface area (TPSA) is 117 Å². The Labute approximate surface area is 143 Å². The number of aromatic nitrogens is 3. The Morgan fingerprint density at radius 3 is 3.04 bits per heavy atom. The van der Waals surface area contributed by atoms with Crippen LogP contribution in [0.25, 0.3) is 0 Å². The number of carbonyl (C=O) groups excluding carboxylic acids is 1. The quantitative estimate of drug-likeness (QED) is 0.748. The molecule has 128 valence electrons. The highest BCUT2D eigenvalue weighted by Crippen LogP contribution is 2.27. The summed E-state index contributed by atoms with van der Waals surface area (Å²) in [4.78, 5) is 22.4. The number of piperidine rings is 1. The van der Waals surface area contributed by atoms with Crippen LogP contribution in [0, 0.1) is 6.92 Å². The van der Waals surface area contributed by atoms with Gasteiger partial charge in [-0.25, -0.2) is 9.97 Å². The standard InChI is InChI=1S/C15H20N6O2S/c1-9-6-12(24-20-9)19-15-13(14(16)23)17-7-11(18-15)21-5-3-2-4-10(21)8-22/h6-7,10,22H,2-5,8H2,1H3,(H2,16,23)(H,18,19). The average molecular weight is 348 g/mol. The zero-order valence-electron chi connectivity index (χ0n) is 13.4. The van der Waals surface area contributed by atoms with Gasteiger partial charge in [-0.3, -0.25) is 4.79 Å². The largest absolute Gasteiger partial charge is 0.394 e. The van der Waals surface area contributed by atoms with E-state index >= 15 is 0 Å². The molecule has 1 fully saturated rings. The van der Waals surface area contributed by atoms with E-state index in [-0.39, 0.29) is 18.3 Å². The monoisotopic (exact) mass is 348 g/mol. The molecule has 0 bridgehead atoms. The second kappa shape index (κ2) is 7.10. The molecule has 3 heterocycles. The highest BCUT2D eigenvalue weighted by Gasteiger charge is 2.24. The van der Waals surface area contributed by atoms with E-state index < -0.39 is 5.91 Å². The van der Waals surface area contributed by atoms with Crippen LogP contribution in [0.4, 0.5) is 16.6 Å². The van der Waals surface area contributed by atoms with Gasteiger partial charge in [0.25, 0.3) is 5.91 Å². The van der Waals surface area contributed by atoms with Crippen LogP contribution in [0.15, 0.2) is 12.3 Å². The molecule has 4 N–H and O–H groups in total. The van der Waals surface area contributed by atoms with Gasteiger partial charge >= 0.3 is 0 Å². The molecule has 0 spiro atoms. The zero-order chi connectivity index (χ0) is 17.1. The Bertz CT molecular complexity index is 735. The van der Waals surface area contributed by atoms with Gasteiger partial charge < -0.3 is 21.1 Å². The van der Waals surface area contributed by atoms with Crippen molar-refractivity contribution in [1.82, 2.24) is 14.3 Å². The molecule has 1 aliphatic heterocycles. The number of nitrogens with two attached hydrogens (primary N) is 1. The highest BCUT2D eigenvalue weighted by molar-refractivity contribution is 7.10. The SMILES string of the molecule is Cc1cc(Nc2nc(N3CCCCC3CO)cnc2C(N)=O)sn1. The molecule has 1 saturated heterocycles. The summed E-state index contributed by atoms with van der Waals surface area (Å²) in [5.74, 6) is 0.295. The number of hydrogen-bond acceptors (Lipinski definition) is 8. The van der Waals surface area contributed by atoms with E-state index in [4.69, 9.17) is 5.73 Å². The molecule has 8 nitrogen and oxygen atoms in total. The Balaban J connectivity index is 1.94. The van der Waals surface area contributed by atoms with Gasteiger partial charge in [-0.2, -0.15) is 4.37 Å². The van der Waals surface area contributed by atoms with E-state index in [0.717, 1.165) is 36.5 Å². The van der Waals surface area contributed by atoms with Crippen molar-refractivity contribution in [3.8, 4) is 0 Å². The number of aryl methyl sites for hydroxylation is 1. The summed E-state index contributed by atoms with van der Waals surface area (Å²) in [6.07, 6.45) is 4.57. The number of anilines is 3. The Hall–Kier alpha value is -2.26. The van der Waals surface area contributed by atoms with Gasteiger partial charge in [0, 0.05) is 6.54 Å². The first-order valence-corrected chi connectivity index (χ1v) is 8.60. The molecule has 1 unspecified atom stereocenters. The molecule has 2 aromatic heterocycles. The summed E-state index contributed by atoms with van der Waals surface area (Å²) in [5.41, 5.74) is 6.37. The smallest absolute Gasteiger partial charge is 0.271 e. The lowest BCUT2D eigenvalue weighted by Crippen LogP contribution is -2.42. The van der Waals surface area contributed by atoms with Crippen molar-refractivity contribution in [2.45, 2.75) is 32.2 Å². The van der Waals surface area contributed by atoms with Crippen LogP contribution < -0.4 is 16.0 Å². The molecule has 0 saturated carbocycles. The van der Waals surface area contributed by atoms with Gasteiger partial charge in [-0.15, -0.1) is 0 Å². The summed E-state index contributed by atoms with van der Waals surface area (Å²) >= 11 is 1.28. The van der Waals surface area contributed by atoms with E-state index in [1.165, 1.54) is 17.7 Å². The fraction of sp³-hybridized carbons (Fsp3) is 0.467. The van der Waals surface area contributed by atoms with Gasteiger partial charge in [0.2, 0.25) is 0 Å². The first kappa shape index (κ1) is 16.6. The maximum absolute atomic E-state index is 11.6. The molecule has 1 aliphatic rings. The fourth-order valence-corrected chi connectivity index (χ4v) is 3.48.